The number of carbonyl (C=O) groups excluding carboxylic acids is 2. The lowest BCUT2D eigenvalue weighted by molar-refractivity contribution is -0.161. The van der Waals surface area contributed by atoms with Crippen molar-refractivity contribution in [2.75, 3.05) is 6.61 Å². The van der Waals surface area contributed by atoms with Crippen molar-refractivity contribution in [3.05, 3.63) is 0 Å². The summed E-state index contributed by atoms with van der Waals surface area (Å²) >= 11 is 0. The Balaban J connectivity index is 4.07. The van der Waals surface area contributed by atoms with Crippen LogP contribution >= 0.6 is 0 Å². The van der Waals surface area contributed by atoms with E-state index in [0.29, 0.717) is 25.9 Å². The second-order valence-corrected chi connectivity index (χ2v) is 9.09. The fourth-order valence-electron chi connectivity index (χ4n) is 3.11. The van der Waals surface area contributed by atoms with E-state index in [4.69, 9.17) is 9.47 Å². The first-order valence-corrected chi connectivity index (χ1v) is 11.5. The number of hydrogen-bond donors (Lipinski definition) is 0. The largest absolute Gasteiger partial charge is 0.460 e. The molecule has 0 saturated carbocycles. The number of hydrogen-bond acceptors (Lipinski definition) is 4. The summed E-state index contributed by atoms with van der Waals surface area (Å²) in [7, 11) is 0. The van der Waals surface area contributed by atoms with Crippen LogP contribution in [0.2, 0.25) is 0 Å². The van der Waals surface area contributed by atoms with Gasteiger partial charge in [-0.15, -0.1) is 0 Å². The minimum Gasteiger partial charge on any atom is -0.460 e. The van der Waals surface area contributed by atoms with Gasteiger partial charge in [0.1, 0.15) is 11.2 Å². The molecule has 0 fully saturated rings. The topological polar surface area (TPSA) is 52.6 Å². The van der Waals surface area contributed by atoms with Crippen molar-refractivity contribution in [2.45, 2.75) is 136 Å². The van der Waals surface area contributed by atoms with Crippen molar-refractivity contribution in [2.24, 2.45) is 0 Å². The maximum Gasteiger partial charge on any atom is 0.306 e. The Morgan fingerprint density at radius 2 is 1.21 bits per heavy atom. The summed E-state index contributed by atoms with van der Waals surface area (Å²) in [5.41, 5.74) is -1.34. The van der Waals surface area contributed by atoms with Crippen LogP contribution in [0.5, 0.6) is 0 Å². The van der Waals surface area contributed by atoms with E-state index in [1.165, 1.54) is 38.5 Å². The molecular weight excluding hydrogens is 352 g/mol. The number of unbranched alkanes of at least 4 members (excludes halogenated alkanes) is 8. The van der Waals surface area contributed by atoms with Gasteiger partial charge in [0.05, 0.1) is 6.61 Å². The van der Waals surface area contributed by atoms with Gasteiger partial charge in [0.25, 0.3) is 0 Å². The number of esters is 1. The molecule has 0 aliphatic carbocycles. The van der Waals surface area contributed by atoms with Gasteiger partial charge in [0.15, 0.2) is 5.78 Å². The number of rotatable bonds is 18. The van der Waals surface area contributed by atoms with Gasteiger partial charge >= 0.3 is 5.97 Å². The fourth-order valence-corrected chi connectivity index (χ4v) is 3.11. The molecule has 0 radical (unpaired) electrons. The lowest BCUT2D eigenvalue weighted by atomic mass is 9.97. The van der Waals surface area contributed by atoms with Crippen molar-refractivity contribution in [1.29, 1.82) is 0 Å². The number of ketones is 1. The van der Waals surface area contributed by atoms with E-state index in [1.807, 2.05) is 27.7 Å². The first-order valence-electron chi connectivity index (χ1n) is 11.5. The molecular formula is C24H46O4. The molecule has 0 unspecified atom stereocenters. The van der Waals surface area contributed by atoms with Crippen LogP contribution in [-0.4, -0.2) is 29.6 Å². The molecule has 4 heteroatoms. The minimum atomic E-state index is -0.774. The summed E-state index contributed by atoms with van der Waals surface area (Å²) in [6.07, 6.45) is 12.9. The van der Waals surface area contributed by atoms with Gasteiger partial charge in [0, 0.05) is 19.3 Å². The highest BCUT2D eigenvalue weighted by atomic mass is 16.6. The zero-order chi connectivity index (χ0) is 21.5. The third kappa shape index (κ3) is 14.1. The number of Topliss-reactive ketones (excluding diaryl/α,β-unsaturated/α-hetero) is 1. The second kappa shape index (κ2) is 15.0. The predicted octanol–water partition coefficient (Wildman–Crippen LogP) is 6.78. The molecule has 0 heterocycles. The highest BCUT2D eigenvalue weighted by molar-refractivity contribution is 5.86. The lowest BCUT2D eigenvalue weighted by Crippen LogP contribution is -2.37. The number of carbonyl (C=O) groups is 2. The molecule has 28 heavy (non-hydrogen) atoms. The maximum atomic E-state index is 12.4. The standard InChI is InChI=1S/C24H46O4/c1-7-9-11-13-15-17-21(25)24(5,6)27-20-19-23(3,4)28-22(26)18-16-14-12-10-8-2/h7-20H2,1-6H3. The average molecular weight is 399 g/mol. The zero-order valence-electron chi connectivity index (χ0n) is 19.5. The predicted molar refractivity (Wildman–Crippen MR) is 117 cm³/mol. The highest BCUT2D eigenvalue weighted by Gasteiger charge is 2.29. The van der Waals surface area contributed by atoms with Gasteiger partial charge in [-0.05, 0) is 40.5 Å². The summed E-state index contributed by atoms with van der Waals surface area (Å²) in [6.45, 7) is 12.3. The van der Waals surface area contributed by atoms with Gasteiger partial charge in [-0.2, -0.15) is 0 Å². The van der Waals surface area contributed by atoms with Crippen LogP contribution in [0.25, 0.3) is 0 Å². The van der Waals surface area contributed by atoms with E-state index in [2.05, 4.69) is 13.8 Å². The van der Waals surface area contributed by atoms with Gasteiger partial charge in [-0.1, -0.05) is 65.2 Å². The molecule has 0 atom stereocenters. The van der Waals surface area contributed by atoms with E-state index in [0.717, 1.165) is 25.7 Å². The van der Waals surface area contributed by atoms with E-state index in [1.54, 1.807) is 0 Å². The van der Waals surface area contributed by atoms with Crippen molar-refractivity contribution in [3.8, 4) is 0 Å². The normalized spacial score (nSPS) is 12.2. The summed E-state index contributed by atoms with van der Waals surface area (Å²) in [5.74, 6) is 0.0230. The van der Waals surface area contributed by atoms with Crippen LogP contribution in [0, 0.1) is 0 Å². The minimum absolute atomic E-state index is 0.135. The molecule has 4 nitrogen and oxygen atoms in total. The SMILES string of the molecule is CCCCCCCC(=O)OC(C)(C)CCOC(C)(C)C(=O)CCCCCCC. The maximum absolute atomic E-state index is 12.4. The van der Waals surface area contributed by atoms with Crippen molar-refractivity contribution < 1.29 is 19.1 Å². The molecule has 0 spiro atoms. The monoisotopic (exact) mass is 398 g/mol. The Bertz CT molecular complexity index is 426. The zero-order valence-corrected chi connectivity index (χ0v) is 19.5. The molecule has 0 bridgehead atoms. The molecule has 0 N–H and O–H groups in total. The van der Waals surface area contributed by atoms with Crippen LogP contribution in [0.3, 0.4) is 0 Å². The Kier molecular flexibility index (Phi) is 14.5. The average Bonchev–Trinajstić information content (AvgIpc) is 2.60. The summed E-state index contributed by atoms with van der Waals surface area (Å²) in [6, 6.07) is 0. The van der Waals surface area contributed by atoms with Gasteiger partial charge in [0.2, 0.25) is 0 Å². The molecule has 0 aromatic rings. The molecule has 0 rings (SSSR count). The Labute approximate surface area is 174 Å². The highest BCUT2D eigenvalue weighted by Crippen LogP contribution is 2.21. The van der Waals surface area contributed by atoms with Crippen LogP contribution < -0.4 is 0 Å². The van der Waals surface area contributed by atoms with Crippen molar-refractivity contribution in [3.63, 3.8) is 0 Å². The van der Waals surface area contributed by atoms with E-state index < -0.39 is 11.2 Å². The van der Waals surface area contributed by atoms with E-state index in [-0.39, 0.29) is 11.8 Å². The molecule has 166 valence electrons. The van der Waals surface area contributed by atoms with Crippen LogP contribution in [0.15, 0.2) is 0 Å². The van der Waals surface area contributed by atoms with Crippen LogP contribution in [-0.2, 0) is 19.1 Å². The molecule has 0 aromatic heterocycles. The van der Waals surface area contributed by atoms with Crippen molar-refractivity contribution in [1.82, 2.24) is 0 Å². The van der Waals surface area contributed by atoms with Gasteiger partial charge < -0.3 is 9.47 Å². The van der Waals surface area contributed by atoms with Gasteiger partial charge in [-0.25, -0.2) is 0 Å². The van der Waals surface area contributed by atoms with E-state index in [9.17, 15) is 9.59 Å². The Morgan fingerprint density at radius 1 is 0.714 bits per heavy atom. The Hall–Kier alpha value is -0.900. The summed E-state index contributed by atoms with van der Waals surface area (Å²) in [5, 5.41) is 0. The first kappa shape index (κ1) is 27.1. The van der Waals surface area contributed by atoms with Crippen LogP contribution in [0.4, 0.5) is 0 Å². The van der Waals surface area contributed by atoms with Crippen molar-refractivity contribution >= 4 is 11.8 Å². The third-order valence-corrected chi connectivity index (χ3v) is 5.22. The molecule has 0 aromatic carbocycles. The molecule has 0 amide bonds. The second-order valence-electron chi connectivity index (χ2n) is 9.09. The smallest absolute Gasteiger partial charge is 0.306 e. The first-order chi connectivity index (χ1) is 13.1. The summed E-state index contributed by atoms with van der Waals surface area (Å²) in [4.78, 5) is 24.4. The Morgan fingerprint density at radius 3 is 1.75 bits per heavy atom. The molecule has 0 saturated heterocycles. The molecule has 0 aliphatic rings. The lowest BCUT2D eigenvalue weighted by Gasteiger charge is -2.29. The third-order valence-electron chi connectivity index (χ3n) is 5.22. The quantitative estimate of drug-likeness (QED) is 0.188. The van der Waals surface area contributed by atoms with Crippen LogP contribution in [0.1, 0.15) is 125 Å². The fraction of sp³-hybridized carbons (Fsp3) is 0.917. The summed E-state index contributed by atoms with van der Waals surface area (Å²) < 4.78 is 11.5. The van der Waals surface area contributed by atoms with Gasteiger partial charge in [-0.3, -0.25) is 9.59 Å². The number of ether oxygens (including phenoxy) is 2. The molecule has 0 aliphatic heterocycles. The van der Waals surface area contributed by atoms with E-state index >= 15 is 0 Å².